The number of nitrogens with zero attached hydrogens (tertiary/aromatic N) is 6. The average molecular weight is 809 g/mol. The standard InChI is InChI=1S/C55H36N6Si/c1-5-18-37(19-6-1)45-33-56-35-47-48-36-57-34-46(38-20-7-2-8-21-38)52(48)62(51(45)47,41-25-11-4-12-26-41)42-27-17-24-40(32-42)54-58-53(39-22-9-3-10-23-39)59-55(60-54)61-49-30-15-13-28-43(49)44-29-14-16-31-50(44)61/h1-36H. The molecule has 11 aromatic rings. The lowest BCUT2D eigenvalue weighted by molar-refractivity contribution is 0.953. The zero-order valence-electron chi connectivity index (χ0n) is 33.5. The van der Waals surface area contributed by atoms with Crippen molar-refractivity contribution in [1.29, 1.82) is 0 Å². The Morgan fingerprint density at radius 2 is 0.758 bits per heavy atom. The zero-order chi connectivity index (χ0) is 41.0. The summed E-state index contributed by atoms with van der Waals surface area (Å²) < 4.78 is 2.17. The van der Waals surface area contributed by atoms with Crippen molar-refractivity contribution in [3.05, 3.63) is 219 Å². The quantitative estimate of drug-likeness (QED) is 0.150. The van der Waals surface area contributed by atoms with E-state index in [1.165, 1.54) is 20.7 Å². The summed E-state index contributed by atoms with van der Waals surface area (Å²) >= 11 is 0. The first-order chi connectivity index (χ1) is 30.8. The third kappa shape index (κ3) is 5.52. The maximum Gasteiger partial charge on any atom is 0.238 e. The van der Waals surface area contributed by atoms with E-state index >= 15 is 0 Å². The number of benzene rings is 7. The van der Waals surface area contributed by atoms with E-state index in [1.54, 1.807) is 0 Å². The molecule has 0 amide bonds. The van der Waals surface area contributed by atoms with Crippen molar-refractivity contribution in [1.82, 2.24) is 29.5 Å². The first kappa shape index (κ1) is 35.8. The SMILES string of the molecule is c1ccc(-c2nc(-c3cccc([Si]4(c5ccccc5)c5c(-c6ccccc6)cncc5-c5cncc(-c6ccccc6)c54)c3)nc(-n3c4ccccc4c4ccccc43)n2)cc1. The van der Waals surface area contributed by atoms with Crippen molar-refractivity contribution in [2.24, 2.45) is 0 Å². The lowest BCUT2D eigenvalue weighted by Gasteiger charge is -2.34. The van der Waals surface area contributed by atoms with Crippen LogP contribution in [-0.2, 0) is 0 Å². The highest BCUT2D eigenvalue weighted by molar-refractivity contribution is 7.23. The van der Waals surface area contributed by atoms with Crippen molar-refractivity contribution in [3.8, 4) is 62.1 Å². The van der Waals surface area contributed by atoms with E-state index in [0.29, 0.717) is 17.6 Å². The summed E-state index contributed by atoms with van der Waals surface area (Å²) in [6, 6.07) is 68.6. The van der Waals surface area contributed by atoms with E-state index < -0.39 is 8.07 Å². The van der Waals surface area contributed by atoms with Crippen LogP contribution in [0.3, 0.4) is 0 Å². The van der Waals surface area contributed by atoms with Crippen LogP contribution in [0.25, 0.3) is 83.9 Å². The first-order valence-corrected chi connectivity index (χ1v) is 22.8. The molecule has 6 nitrogen and oxygen atoms in total. The predicted molar refractivity (Wildman–Crippen MR) is 254 cm³/mol. The van der Waals surface area contributed by atoms with Gasteiger partial charge in [-0.15, -0.1) is 0 Å². The fourth-order valence-electron chi connectivity index (χ4n) is 9.71. The topological polar surface area (TPSA) is 69.4 Å². The van der Waals surface area contributed by atoms with Crippen molar-refractivity contribution in [2.45, 2.75) is 0 Å². The highest BCUT2D eigenvalue weighted by atomic mass is 28.3. The Labute approximate surface area is 359 Å². The van der Waals surface area contributed by atoms with Crippen molar-refractivity contribution in [3.63, 3.8) is 0 Å². The molecule has 290 valence electrons. The van der Waals surface area contributed by atoms with Crippen LogP contribution < -0.4 is 20.7 Å². The molecule has 5 heterocycles. The van der Waals surface area contributed by atoms with Gasteiger partial charge >= 0.3 is 0 Å². The molecule has 12 rings (SSSR count). The highest BCUT2D eigenvalue weighted by Gasteiger charge is 2.52. The van der Waals surface area contributed by atoms with Crippen molar-refractivity contribution in [2.75, 3.05) is 0 Å². The molecule has 0 aliphatic carbocycles. The number of rotatable bonds is 7. The van der Waals surface area contributed by atoms with E-state index in [-0.39, 0.29) is 0 Å². The molecule has 4 aromatic heterocycles. The van der Waals surface area contributed by atoms with Gasteiger partial charge in [-0.05, 0) is 44.0 Å². The molecule has 0 fully saturated rings. The molecule has 7 heteroatoms. The Morgan fingerprint density at radius 3 is 1.31 bits per heavy atom. The van der Waals surface area contributed by atoms with Gasteiger partial charge in [0.25, 0.3) is 0 Å². The van der Waals surface area contributed by atoms with Gasteiger partial charge < -0.3 is 0 Å². The molecule has 0 radical (unpaired) electrons. The minimum absolute atomic E-state index is 0.568. The summed E-state index contributed by atoms with van der Waals surface area (Å²) in [4.78, 5) is 25.8. The summed E-state index contributed by atoms with van der Waals surface area (Å²) in [5.74, 6) is 1.78. The number of para-hydroxylation sites is 2. The second kappa shape index (κ2) is 14.5. The van der Waals surface area contributed by atoms with Crippen LogP contribution in [0.4, 0.5) is 0 Å². The Kier molecular flexibility index (Phi) is 8.40. The Bertz CT molecular complexity index is 3320. The molecule has 7 aromatic carbocycles. The third-order valence-corrected chi connectivity index (χ3v) is 17.3. The summed E-state index contributed by atoms with van der Waals surface area (Å²) in [6.07, 6.45) is 8.21. The van der Waals surface area contributed by atoms with E-state index in [0.717, 1.165) is 66.3 Å². The number of aromatic nitrogens is 6. The van der Waals surface area contributed by atoms with Gasteiger partial charge in [-0.3, -0.25) is 14.5 Å². The zero-order valence-corrected chi connectivity index (χ0v) is 34.5. The van der Waals surface area contributed by atoms with Crippen molar-refractivity contribution < 1.29 is 0 Å². The summed E-state index contributed by atoms with van der Waals surface area (Å²) in [6.45, 7) is 0. The van der Waals surface area contributed by atoms with E-state index in [9.17, 15) is 0 Å². The minimum atomic E-state index is -3.22. The monoisotopic (exact) mass is 808 g/mol. The maximum atomic E-state index is 5.39. The van der Waals surface area contributed by atoms with Crippen LogP contribution in [0.5, 0.6) is 0 Å². The lowest BCUT2D eigenvalue weighted by Crippen LogP contribution is -2.73. The molecule has 0 atom stereocenters. The van der Waals surface area contributed by atoms with Gasteiger partial charge in [0, 0.05) is 68.9 Å². The molecule has 0 spiro atoms. The number of hydrogen-bond acceptors (Lipinski definition) is 5. The molecule has 62 heavy (non-hydrogen) atoms. The fraction of sp³-hybridized carbons (Fsp3) is 0. The molecule has 0 bridgehead atoms. The summed E-state index contributed by atoms with van der Waals surface area (Å²) in [5, 5.41) is 7.39. The number of pyridine rings is 2. The van der Waals surface area contributed by atoms with Crippen LogP contribution in [0.1, 0.15) is 0 Å². The Balaban J connectivity index is 1.17. The lowest BCUT2D eigenvalue weighted by atomic mass is 10.0. The molecule has 0 N–H and O–H groups in total. The third-order valence-electron chi connectivity index (χ3n) is 12.3. The van der Waals surface area contributed by atoms with Crippen LogP contribution >= 0.6 is 0 Å². The van der Waals surface area contributed by atoms with Gasteiger partial charge in [-0.2, -0.15) is 9.97 Å². The maximum absolute atomic E-state index is 5.39. The molecular weight excluding hydrogens is 773 g/mol. The second-order valence-corrected chi connectivity index (χ2v) is 19.3. The predicted octanol–water partition coefficient (Wildman–Crippen LogP) is 9.78. The molecule has 0 unspecified atom stereocenters. The van der Waals surface area contributed by atoms with Gasteiger partial charge in [-0.25, -0.2) is 4.98 Å². The van der Waals surface area contributed by atoms with E-state index in [1.807, 2.05) is 18.2 Å². The highest BCUT2D eigenvalue weighted by Crippen LogP contribution is 2.37. The molecular formula is C55H36N6Si. The van der Waals surface area contributed by atoms with Gasteiger partial charge in [-0.1, -0.05) is 182 Å². The van der Waals surface area contributed by atoms with Gasteiger partial charge in [0.1, 0.15) is 0 Å². The number of fused-ring (bicyclic) bond motifs is 6. The van der Waals surface area contributed by atoms with Gasteiger partial charge in [0.2, 0.25) is 5.95 Å². The van der Waals surface area contributed by atoms with Gasteiger partial charge in [0.15, 0.2) is 19.7 Å². The summed E-state index contributed by atoms with van der Waals surface area (Å²) in [7, 11) is -3.22. The molecule has 1 aliphatic heterocycles. The average Bonchev–Trinajstić information content (AvgIpc) is 3.86. The molecule has 1 aliphatic rings. The van der Waals surface area contributed by atoms with Crippen LogP contribution in [0.15, 0.2) is 219 Å². The largest absolute Gasteiger partial charge is 0.278 e. The van der Waals surface area contributed by atoms with E-state index in [2.05, 4.69) is 205 Å². The van der Waals surface area contributed by atoms with Crippen LogP contribution in [-0.4, -0.2) is 37.6 Å². The van der Waals surface area contributed by atoms with Crippen LogP contribution in [0, 0.1) is 0 Å². The summed E-state index contributed by atoms with van der Waals surface area (Å²) in [5.41, 5.74) is 10.6. The van der Waals surface area contributed by atoms with E-state index in [4.69, 9.17) is 24.9 Å². The Hall–Kier alpha value is -8.13. The number of hydrogen-bond donors (Lipinski definition) is 0. The second-order valence-electron chi connectivity index (χ2n) is 15.7. The van der Waals surface area contributed by atoms with Crippen molar-refractivity contribution >= 4 is 50.6 Å². The fourth-order valence-corrected chi connectivity index (χ4v) is 15.3. The smallest absolute Gasteiger partial charge is 0.238 e. The normalized spacial score (nSPS) is 12.6. The van der Waals surface area contributed by atoms with Crippen LogP contribution in [0.2, 0.25) is 0 Å². The molecule has 0 saturated heterocycles. The molecule has 0 saturated carbocycles. The van der Waals surface area contributed by atoms with Gasteiger partial charge in [0.05, 0.1) is 11.0 Å². The minimum Gasteiger partial charge on any atom is -0.278 e. The first-order valence-electron chi connectivity index (χ1n) is 20.8. The Morgan fingerprint density at radius 1 is 0.339 bits per heavy atom.